The summed E-state index contributed by atoms with van der Waals surface area (Å²) >= 11 is 5.74. The summed E-state index contributed by atoms with van der Waals surface area (Å²) in [5.41, 5.74) is 0.588. The van der Waals surface area contributed by atoms with E-state index in [4.69, 9.17) is 21.5 Å². The zero-order chi connectivity index (χ0) is 19.3. The standard InChI is InChI=1S/C13H16ClFN6O4S/c1-7(6-18-26(16,22)23)24-13-11(20-25-21-13)12(17-2)19-8-3-4-10(15)9(14)5-8/h3-5,7,18H,6H2,1-2H3,(H,17,19)(H2,16,22,23)/t7-/m0/s1. The molecular weight excluding hydrogens is 391 g/mol. The highest BCUT2D eigenvalue weighted by molar-refractivity contribution is 7.87. The van der Waals surface area contributed by atoms with Gasteiger partial charge in [-0.15, -0.1) is 0 Å². The number of benzene rings is 1. The van der Waals surface area contributed by atoms with Crippen molar-refractivity contribution >= 4 is 33.3 Å². The summed E-state index contributed by atoms with van der Waals surface area (Å²) in [6, 6.07) is 4.02. The number of hydrogen-bond acceptors (Lipinski definition) is 7. The maximum Gasteiger partial charge on any atom is 0.287 e. The first-order valence-electron chi connectivity index (χ1n) is 7.15. The maximum atomic E-state index is 13.3. The van der Waals surface area contributed by atoms with Crippen molar-refractivity contribution in [2.45, 2.75) is 13.0 Å². The Balaban J connectivity index is 2.12. The van der Waals surface area contributed by atoms with E-state index in [9.17, 15) is 12.8 Å². The third kappa shape index (κ3) is 5.62. The minimum Gasteiger partial charge on any atom is -0.469 e. The Morgan fingerprint density at radius 2 is 2.23 bits per heavy atom. The maximum absolute atomic E-state index is 13.3. The number of nitrogens with two attached hydrogens (primary N) is 1. The Morgan fingerprint density at radius 1 is 1.50 bits per heavy atom. The molecule has 0 radical (unpaired) electrons. The monoisotopic (exact) mass is 406 g/mol. The van der Waals surface area contributed by atoms with E-state index in [2.05, 4.69) is 30.0 Å². The molecule has 0 unspecified atom stereocenters. The second-order valence-electron chi connectivity index (χ2n) is 5.07. The van der Waals surface area contributed by atoms with Crippen LogP contribution in [0.3, 0.4) is 0 Å². The summed E-state index contributed by atoms with van der Waals surface area (Å²) in [6.45, 7) is 1.50. The number of ether oxygens (including phenoxy) is 1. The molecule has 1 atom stereocenters. The number of halogens is 2. The van der Waals surface area contributed by atoms with Gasteiger partial charge in [-0.3, -0.25) is 4.99 Å². The first kappa shape index (κ1) is 20.0. The van der Waals surface area contributed by atoms with E-state index in [1.54, 1.807) is 6.92 Å². The highest BCUT2D eigenvalue weighted by Crippen LogP contribution is 2.21. The number of amidine groups is 1. The van der Waals surface area contributed by atoms with Crippen molar-refractivity contribution < 1.29 is 22.2 Å². The lowest BCUT2D eigenvalue weighted by Crippen LogP contribution is -2.37. The number of nitrogens with one attached hydrogen (secondary N) is 2. The molecule has 4 N–H and O–H groups in total. The molecule has 0 amide bonds. The van der Waals surface area contributed by atoms with Crippen LogP contribution in [0.25, 0.3) is 0 Å². The molecule has 0 fully saturated rings. The van der Waals surface area contributed by atoms with Crippen molar-refractivity contribution in [2.24, 2.45) is 10.1 Å². The van der Waals surface area contributed by atoms with Crippen LogP contribution in [0, 0.1) is 5.82 Å². The molecule has 0 bridgehead atoms. The summed E-state index contributed by atoms with van der Waals surface area (Å²) in [7, 11) is -2.36. The summed E-state index contributed by atoms with van der Waals surface area (Å²) in [6.07, 6.45) is -0.627. The smallest absolute Gasteiger partial charge is 0.287 e. The van der Waals surface area contributed by atoms with Crippen molar-refractivity contribution in [3.8, 4) is 5.88 Å². The molecule has 0 aliphatic carbocycles. The Hall–Kier alpha value is -2.28. The van der Waals surface area contributed by atoms with Crippen molar-refractivity contribution in [3.05, 3.63) is 34.7 Å². The average Bonchev–Trinajstić information content (AvgIpc) is 3.01. The van der Waals surface area contributed by atoms with Crippen molar-refractivity contribution in [1.29, 1.82) is 0 Å². The second-order valence-corrected chi connectivity index (χ2v) is 6.85. The van der Waals surface area contributed by atoms with Gasteiger partial charge in [-0.05, 0) is 35.4 Å². The zero-order valence-electron chi connectivity index (χ0n) is 13.7. The SMILES string of the molecule is CN=C(Nc1ccc(F)c(Cl)c1)c1nonc1O[C@@H](C)CNS(N)(=O)=O. The van der Waals surface area contributed by atoms with E-state index in [-0.39, 0.29) is 29.0 Å². The summed E-state index contributed by atoms with van der Waals surface area (Å²) in [4.78, 5) is 4.03. The van der Waals surface area contributed by atoms with Crippen molar-refractivity contribution in [1.82, 2.24) is 15.0 Å². The van der Waals surface area contributed by atoms with Gasteiger partial charge < -0.3 is 10.1 Å². The summed E-state index contributed by atoms with van der Waals surface area (Å²) in [5.74, 6) is -0.360. The van der Waals surface area contributed by atoms with Crippen LogP contribution >= 0.6 is 11.6 Å². The molecule has 1 aromatic heterocycles. The molecule has 142 valence electrons. The number of aliphatic imine (C=N–C) groups is 1. The van der Waals surface area contributed by atoms with Crippen LogP contribution in [0.1, 0.15) is 12.6 Å². The lowest BCUT2D eigenvalue weighted by molar-refractivity contribution is 0.197. The minimum absolute atomic E-state index is 0.0185. The summed E-state index contributed by atoms with van der Waals surface area (Å²) < 4.78 is 47.3. The molecule has 2 aromatic rings. The Morgan fingerprint density at radius 3 is 2.85 bits per heavy atom. The van der Waals surface area contributed by atoms with Crippen LogP contribution in [-0.4, -0.2) is 44.3 Å². The van der Waals surface area contributed by atoms with Gasteiger partial charge in [0.05, 0.1) is 5.02 Å². The van der Waals surface area contributed by atoms with Gasteiger partial charge in [0.1, 0.15) is 11.9 Å². The average molecular weight is 407 g/mol. The van der Waals surface area contributed by atoms with E-state index in [1.165, 1.54) is 25.2 Å². The first-order valence-corrected chi connectivity index (χ1v) is 9.08. The van der Waals surface area contributed by atoms with Crippen LogP contribution in [0.2, 0.25) is 5.02 Å². The van der Waals surface area contributed by atoms with E-state index in [0.717, 1.165) is 0 Å². The minimum atomic E-state index is -3.85. The zero-order valence-corrected chi connectivity index (χ0v) is 15.3. The van der Waals surface area contributed by atoms with Crippen LogP contribution in [0.15, 0.2) is 27.8 Å². The topological polar surface area (TPSA) is 145 Å². The number of hydrogen-bond donors (Lipinski definition) is 3. The molecule has 0 aliphatic heterocycles. The fourth-order valence-electron chi connectivity index (χ4n) is 1.80. The highest BCUT2D eigenvalue weighted by atomic mass is 35.5. The van der Waals surface area contributed by atoms with Crippen LogP contribution in [0.4, 0.5) is 10.1 Å². The fourth-order valence-corrected chi connectivity index (χ4v) is 2.45. The molecule has 2 rings (SSSR count). The van der Waals surface area contributed by atoms with Gasteiger partial charge >= 0.3 is 0 Å². The molecule has 13 heteroatoms. The number of nitrogens with zero attached hydrogens (tertiary/aromatic N) is 3. The van der Waals surface area contributed by atoms with Crippen molar-refractivity contribution in [2.75, 3.05) is 18.9 Å². The summed E-state index contributed by atoms with van der Waals surface area (Å²) in [5, 5.41) is 15.0. The molecule has 26 heavy (non-hydrogen) atoms. The van der Waals surface area contributed by atoms with Gasteiger partial charge in [-0.2, -0.15) is 13.1 Å². The second kappa shape index (κ2) is 8.40. The van der Waals surface area contributed by atoms with Crippen LogP contribution in [0.5, 0.6) is 5.88 Å². The van der Waals surface area contributed by atoms with Gasteiger partial charge in [0.15, 0.2) is 5.84 Å². The van der Waals surface area contributed by atoms with Crippen molar-refractivity contribution in [3.63, 3.8) is 0 Å². The van der Waals surface area contributed by atoms with Crippen LogP contribution in [-0.2, 0) is 10.2 Å². The number of rotatable bonds is 7. The molecule has 10 nitrogen and oxygen atoms in total. The van der Waals surface area contributed by atoms with E-state index >= 15 is 0 Å². The quantitative estimate of drug-likeness (QED) is 0.457. The molecule has 0 saturated carbocycles. The molecule has 0 aliphatic rings. The number of anilines is 1. The third-order valence-electron chi connectivity index (χ3n) is 2.97. The predicted molar refractivity (Wildman–Crippen MR) is 93.0 cm³/mol. The normalized spacial score (nSPS) is 13.5. The molecule has 0 saturated heterocycles. The van der Waals surface area contributed by atoms with Gasteiger partial charge in [-0.25, -0.2) is 14.2 Å². The third-order valence-corrected chi connectivity index (χ3v) is 3.83. The van der Waals surface area contributed by atoms with E-state index in [0.29, 0.717) is 5.69 Å². The Kier molecular flexibility index (Phi) is 6.47. The van der Waals surface area contributed by atoms with E-state index in [1.807, 2.05) is 0 Å². The Labute approximate surface area is 153 Å². The Bertz CT molecular complexity index is 904. The molecule has 0 spiro atoms. The van der Waals surface area contributed by atoms with Gasteiger partial charge in [0, 0.05) is 19.3 Å². The lowest BCUT2D eigenvalue weighted by atomic mass is 10.3. The lowest BCUT2D eigenvalue weighted by Gasteiger charge is -2.13. The highest BCUT2D eigenvalue weighted by Gasteiger charge is 2.20. The largest absolute Gasteiger partial charge is 0.469 e. The molecular formula is C13H16ClFN6O4S. The van der Waals surface area contributed by atoms with Gasteiger partial charge in [0.2, 0.25) is 5.69 Å². The fraction of sp³-hybridized carbons (Fsp3) is 0.308. The van der Waals surface area contributed by atoms with Gasteiger partial charge in [0.25, 0.3) is 16.1 Å². The molecule has 1 aromatic carbocycles. The molecule has 1 heterocycles. The van der Waals surface area contributed by atoms with Gasteiger partial charge in [-0.1, -0.05) is 11.6 Å². The first-order chi connectivity index (χ1) is 12.2. The number of aromatic nitrogens is 2. The van der Waals surface area contributed by atoms with Crippen LogP contribution < -0.4 is 19.9 Å². The predicted octanol–water partition coefficient (Wildman–Crippen LogP) is 0.911. The van der Waals surface area contributed by atoms with E-state index < -0.39 is 22.1 Å².